The molecule has 0 amide bonds. The molecule has 0 saturated carbocycles. The molecule has 0 spiro atoms. The molecule has 0 N–H and O–H groups in total. The summed E-state index contributed by atoms with van der Waals surface area (Å²) in [6.45, 7) is 5.95. The fourth-order valence-corrected chi connectivity index (χ4v) is 1.01. The Balaban J connectivity index is 0. The second kappa shape index (κ2) is 5.76. The van der Waals surface area contributed by atoms with Gasteiger partial charge in [-0.2, -0.15) is 0 Å². The Bertz CT molecular complexity index is 134. The predicted octanol–water partition coefficient (Wildman–Crippen LogP) is 2.76. The van der Waals surface area contributed by atoms with Crippen LogP contribution in [0.1, 0.15) is 21.3 Å². The SMILES string of the molecule is C.COP(C)(=O)OCC(C)C. The van der Waals surface area contributed by atoms with Crippen molar-refractivity contribution in [3.63, 3.8) is 0 Å². The highest BCUT2D eigenvalue weighted by atomic mass is 31.2. The van der Waals surface area contributed by atoms with Crippen molar-refractivity contribution < 1.29 is 13.6 Å². The third-order valence-corrected chi connectivity index (χ3v) is 2.26. The van der Waals surface area contributed by atoms with Gasteiger partial charge in [0.05, 0.1) is 6.61 Å². The van der Waals surface area contributed by atoms with Crippen LogP contribution in [-0.4, -0.2) is 20.4 Å². The second-order valence-electron chi connectivity index (χ2n) is 2.64. The molecule has 0 aliphatic carbocycles. The zero-order valence-corrected chi connectivity index (χ0v) is 7.85. The van der Waals surface area contributed by atoms with E-state index in [0.29, 0.717) is 12.5 Å². The first-order chi connectivity index (χ1) is 4.48. The maximum absolute atomic E-state index is 11.0. The van der Waals surface area contributed by atoms with E-state index in [-0.39, 0.29) is 7.43 Å². The molecule has 0 bridgehead atoms. The van der Waals surface area contributed by atoms with Gasteiger partial charge in [-0.1, -0.05) is 21.3 Å². The van der Waals surface area contributed by atoms with Gasteiger partial charge in [0.25, 0.3) is 0 Å². The normalized spacial score (nSPS) is 15.7. The number of hydrogen-bond acceptors (Lipinski definition) is 3. The lowest BCUT2D eigenvalue weighted by molar-refractivity contribution is 0.214. The summed E-state index contributed by atoms with van der Waals surface area (Å²) in [5, 5.41) is 0. The lowest BCUT2D eigenvalue weighted by Gasteiger charge is -2.12. The first-order valence-corrected chi connectivity index (χ1v) is 5.24. The van der Waals surface area contributed by atoms with Crippen LogP contribution >= 0.6 is 7.60 Å². The average molecular weight is 182 g/mol. The largest absolute Gasteiger partial charge is 0.327 e. The Hall–Kier alpha value is 0.150. The topological polar surface area (TPSA) is 35.5 Å². The van der Waals surface area contributed by atoms with Gasteiger partial charge in [0.15, 0.2) is 0 Å². The zero-order valence-electron chi connectivity index (χ0n) is 6.96. The Kier molecular flexibility index (Phi) is 7.18. The molecule has 0 heterocycles. The summed E-state index contributed by atoms with van der Waals surface area (Å²) < 4.78 is 20.6. The minimum Gasteiger partial charge on any atom is -0.312 e. The Morgan fingerprint density at radius 1 is 1.45 bits per heavy atom. The van der Waals surface area contributed by atoms with Gasteiger partial charge < -0.3 is 9.05 Å². The predicted molar refractivity (Wildman–Crippen MR) is 48.1 cm³/mol. The summed E-state index contributed by atoms with van der Waals surface area (Å²) in [7, 11) is -1.34. The molecule has 0 saturated heterocycles. The van der Waals surface area contributed by atoms with Crippen LogP contribution < -0.4 is 0 Å². The molecule has 70 valence electrons. The third kappa shape index (κ3) is 8.05. The van der Waals surface area contributed by atoms with Crippen LogP contribution in [0.15, 0.2) is 0 Å². The monoisotopic (exact) mass is 182 g/mol. The van der Waals surface area contributed by atoms with Crippen molar-refractivity contribution in [1.82, 2.24) is 0 Å². The van der Waals surface area contributed by atoms with Crippen LogP contribution in [0.2, 0.25) is 0 Å². The van der Waals surface area contributed by atoms with Crippen molar-refractivity contribution in [3.05, 3.63) is 0 Å². The lowest BCUT2D eigenvalue weighted by Crippen LogP contribution is -2.00. The molecule has 0 aromatic rings. The highest BCUT2D eigenvalue weighted by Crippen LogP contribution is 2.42. The molecule has 0 aliphatic heterocycles. The maximum atomic E-state index is 11.0. The molecular formula is C7H19O3P. The molecule has 0 aliphatic rings. The van der Waals surface area contributed by atoms with Gasteiger partial charge in [-0.05, 0) is 5.92 Å². The van der Waals surface area contributed by atoms with Crippen molar-refractivity contribution >= 4 is 7.60 Å². The molecule has 0 rings (SSSR count). The van der Waals surface area contributed by atoms with Crippen molar-refractivity contribution in [2.24, 2.45) is 5.92 Å². The van der Waals surface area contributed by atoms with E-state index >= 15 is 0 Å². The molecule has 11 heavy (non-hydrogen) atoms. The van der Waals surface area contributed by atoms with E-state index in [4.69, 9.17) is 4.52 Å². The van der Waals surface area contributed by atoms with Crippen molar-refractivity contribution in [1.29, 1.82) is 0 Å². The summed E-state index contributed by atoms with van der Waals surface area (Å²) in [4.78, 5) is 0. The van der Waals surface area contributed by atoms with Crippen molar-refractivity contribution in [3.8, 4) is 0 Å². The standard InChI is InChI=1S/C6H15O3P.CH4/c1-6(2)5-9-10(4,7)8-3;/h6H,5H2,1-4H3;1H4. The highest BCUT2D eigenvalue weighted by Gasteiger charge is 2.13. The lowest BCUT2D eigenvalue weighted by atomic mass is 10.2. The molecule has 0 aromatic heterocycles. The fraction of sp³-hybridized carbons (Fsp3) is 1.00. The third-order valence-electron chi connectivity index (χ3n) is 0.974. The molecule has 0 fully saturated rings. The second-order valence-corrected chi connectivity index (χ2v) is 4.81. The van der Waals surface area contributed by atoms with E-state index in [2.05, 4.69) is 4.52 Å². The van der Waals surface area contributed by atoms with Gasteiger partial charge in [0.2, 0.25) is 0 Å². The fourth-order valence-electron chi connectivity index (χ4n) is 0.337. The number of hydrogen-bond donors (Lipinski definition) is 0. The summed E-state index contributed by atoms with van der Waals surface area (Å²) in [6.07, 6.45) is 0. The Morgan fingerprint density at radius 3 is 2.18 bits per heavy atom. The Morgan fingerprint density at radius 2 is 1.91 bits per heavy atom. The minimum atomic E-state index is -2.73. The minimum absolute atomic E-state index is 0. The smallest absolute Gasteiger partial charge is 0.312 e. The van der Waals surface area contributed by atoms with E-state index in [9.17, 15) is 4.57 Å². The van der Waals surface area contributed by atoms with E-state index in [1.807, 2.05) is 13.8 Å². The molecule has 1 atom stereocenters. The van der Waals surface area contributed by atoms with E-state index < -0.39 is 7.60 Å². The van der Waals surface area contributed by atoms with Crippen LogP contribution in [0, 0.1) is 5.92 Å². The van der Waals surface area contributed by atoms with Crippen LogP contribution in [0.4, 0.5) is 0 Å². The summed E-state index contributed by atoms with van der Waals surface area (Å²) >= 11 is 0. The molecular weight excluding hydrogens is 163 g/mol. The van der Waals surface area contributed by atoms with Crippen LogP contribution in [0.5, 0.6) is 0 Å². The van der Waals surface area contributed by atoms with Gasteiger partial charge in [-0.3, -0.25) is 4.57 Å². The van der Waals surface area contributed by atoms with Gasteiger partial charge >= 0.3 is 7.60 Å². The van der Waals surface area contributed by atoms with Gasteiger partial charge in [-0.15, -0.1) is 0 Å². The van der Waals surface area contributed by atoms with Crippen LogP contribution in [0.3, 0.4) is 0 Å². The van der Waals surface area contributed by atoms with E-state index in [1.165, 1.54) is 13.8 Å². The summed E-state index contributed by atoms with van der Waals surface area (Å²) in [5.74, 6) is 0.392. The van der Waals surface area contributed by atoms with Crippen LogP contribution in [-0.2, 0) is 13.6 Å². The first kappa shape index (κ1) is 13.7. The molecule has 0 aromatic carbocycles. The van der Waals surface area contributed by atoms with Crippen molar-refractivity contribution in [2.75, 3.05) is 20.4 Å². The maximum Gasteiger partial charge on any atom is 0.327 e. The highest BCUT2D eigenvalue weighted by molar-refractivity contribution is 7.52. The molecule has 3 nitrogen and oxygen atoms in total. The molecule has 1 unspecified atom stereocenters. The van der Waals surface area contributed by atoms with Crippen LogP contribution in [0.25, 0.3) is 0 Å². The van der Waals surface area contributed by atoms with E-state index in [0.717, 1.165) is 0 Å². The van der Waals surface area contributed by atoms with E-state index in [1.54, 1.807) is 0 Å². The van der Waals surface area contributed by atoms with Gasteiger partial charge in [0, 0.05) is 13.8 Å². The summed E-state index contributed by atoms with van der Waals surface area (Å²) in [5.41, 5.74) is 0. The molecule has 4 heteroatoms. The zero-order chi connectivity index (χ0) is 8.20. The number of rotatable bonds is 4. The summed E-state index contributed by atoms with van der Waals surface area (Å²) in [6, 6.07) is 0. The quantitative estimate of drug-likeness (QED) is 0.627. The Labute approximate surface area is 69.6 Å². The molecule has 0 radical (unpaired) electrons. The average Bonchev–Trinajstić information content (AvgIpc) is 1.85. The first-order valence-electron chi connectivity index (χ1n) is 3.25. The van der Waals surface area contributed by atoms with Gasteiger partial charge in [-0.25, -0.2) is 0 Å². The van der Waals surface area contributed by atoms with Gasteiger partial charge in [0.1, 0.15) is 0 Å². The van der Waals surface area contributed by atoms with Crippen molar-refractivity contribution in [2.45, 2.75) is 21.3 Å².